The molecule has 0 aromatic heterocycles. The molecule has 0 spiro atoms. The lowest BCUT2D eigenvalue weighted by molar-refractivity contribution is -0.158. The molecule has 0 bridgehead atoms. The molecule has 1 amide bonds. The molecule has 0 aliphatic heterocycles. The maximum Gasteiger partial charge on any atom is 0.408 e. The molecule has 32 heavy (non-hydrogen) atoms. The fourth-order valence-corrected chi connectivity index (χ4v) is 4.43. The van der Waals surface area contributed by atoms with Gasteiger partial charge in [0.2, 0.25) is 0 Å². The molecule has 1 fully saturated rings. The van der Waals surface area contributed by atoms with Gasteiger partial charge in [0.15, 0.2) is 0 Å². The van der Waals surface area contributed by atoms with Crippen LogP contribution in [0.1, 0.15) is 51.2 Å². The molecule has 0 radical (unpaired) electrons. The second-order valence-corrected chi connectivity index (χ2v) is 9.25. The number of alkyl carbamates (subject to hydrolysis) is 1. The van der Waals surface area contributed by atoms with Gasteiger partial charge in [-0.2, -0.15) is 0 Å². The Morgan fingerprint density at radius 1 is 0.969 bits per heavy atom. The van der Waals surface area contributed by atoms with Crippen LogP contribution in [0, 0.1) is 17.8 Å². The Kier molecular flexibility index (Phi) is 8.72. The van der Waals surface area contributed by atoms with Gasteiger partial charge in [0, 0.05) is 6.42 Å². The second kappa shape index (κ2) is 11.7. The number of carbonyl (C=O) groups excluding carboxylic acids is 2. The number of esters is 1. The molecule has 3 rings (SSSR count). The van der Waals surface area contributed by atoms with Crippen LogP contribution in [0.25, 0.3) is 0 Å². The number of ether oxygens (including phenoxy) is 2. The van der Waals surface area contributed by atoms with Crippen molar-refractivity contribution in [2.75, 3.05) is 0 Å². The van der Waals surface area contributed by atoms with Crippen LogP contribution in [-0.2, 0) is 27.3 Å². The Bertz CT molecular complexity index is 852. The Balaban J connectivity index is 1.67. The van der Waals surface area contributed by atoms with Crippen molar-refractivity contribution in [2.24, 2.45) is 17.8 Å². The van der Waals surface area contributed by atoms with Crippen LogP contribution < -0.4 is 5.32 Å². The van der Waals surface area contributed by atoms with Crippen molar-refractivity contribution < 1.29 is 19.1 Å². The minimum Gasteiger partial charge on any atom is -0.461 e. The summed E-state index contributed by atoms with van der Waals surface area (Å²) in [6.45, 7) is 6.72. The summed E-state index contributed by atoms with van der Waals surface area (Å²) in [4.78, 5) is 25.7. The molecule has 2 aromatic carbocycles. The molecule has 5 nitrogen and oxygen atoms in total. The Hall–Kier alpha value is -2.82. The van der Waals surface area contributed by atoms with E-state index >= 15 is 0 Å². The van der Waals surface area contributed by atoms with E-state index in [1.54, 1.807) is 0 Å². The minimum atomic E-state index is -0.800. The van der Waals surface area contributed by atoms with Crippen LogP contribution in [0.4, 0.5) is 4.79 Å². The molecule has 172 valence electrons. The predicted molar refractivity (Wildman–Crippen MR) is 125 cm³/mol. The number of nitrogens with one attached hydrogen (secondary N) is 1. The summed E-state index contributed by atoms with van der Waals surface area (Å²) in [6.07, 6.45) is 2.71. The summed E-state index contributed by atoms with van der Waals surface area (Å²) in [5, 5.41) is 2.74. The van der Waals surface area contributed by atoms with Gasteiger partial charge in [-0.15, -0.1) is 0 Å². The zero-order valence-corrected chi connectivity index (χ0v) is 19.3. The van der Waals surface area contributed by atoms with Gasteiger partial charge in [0.1, 0.15) is 18.8 Å². The third kappa shape index (κ3) is 7.11. The summed E-state index contributed by atoms with van der Waals surface area (Å²) in [7, 11) is 0. The lowest BCUT2D eigenvalue weighted by atomic mass is 9.75. The molecule has 0 unspecified atom stereocenters. The number of hydrogen-bond donors (Lipinski definition) is 1. The van der Waals surface area contributed by atoms with Gasteiger partial charge in [-0.1, -0.05) is 87.9 Å². The zero-order chi connectivity index (χ0) is 22.9. The van der Waals surface area contributed by atoms with Crippen LogP contribution in [0.5, 0.6) is 0 Å². The van der Waals surface area contributed by atoms with E-state index < -0.39 is 18.1 Å². The molecule has 4 atom stereocenters. The Morgan fingerprint density at radius 3 is 2.22 bits per heavy atom. The number of carbonyl (C=O) groups is 2. The first-order valence-electron chi connectivity index (χ1n) is 11.6. The third-order valence-electron chi connectivity index (χ3n) is 6.30. The monoisotopic (exact) mass is 437 g/mol. The molecule has 1 saturated carbocycles. The normalized spacial score (nSPS) is 21.6. The number of benzene rings is 2. The fraction of sp³-hybridized carbons (Fsp3) is 0.481. The van der Waals surface area contributed by atoms with Crippen LogP contribution in [-0.4, -0.2) is 24.2 Å². The van der Waals surface area contributed by atoms with Gasteiger partial charge in [-0.25, -0.2) is 9.59 Å². The average molecular weight is 438 g/mol. The first kappa shape index (κ1) is 23.8. The maximum atomic E-state index is 13.2. The predicted octanol–water partition coefficient (Wildman–Crippen LogP) is 5.53. The van der Waals surface area contributed by atoms with Crippen molar-refractivity contribution in [3.63, 3.8) is 0 Å². The SMILES string of the molecule is CC(C)[C@@H]1CC[C@@H](C)C[C@H]1OC(=O)[C@H](Cc1ccccc1)NC(=O)OCc1ccccc1. The zero-order valence-electron chi connectivity index (χ0n) is 19.3. The smallest absolute Gasteiger partial charge is 0.408 e. The number of hydrogen-bond acceptors (Lipinski definition) is 4. The van der Waals surface area contributed by atoms with E-state index in [-0.39, 0.29) is 12.7 Å². The number of amides is 1. The second-order valence-electron chi connectivity index (χ2n) is 9.25. The highest BCUT2D eigenvalue weighted by molar-refractivity contribution is 5.81. The van der Waals surface area contributed by atoms with E-state index in [0.717, 1.165) is 30.4 Å². The first-order valence-corrected chi connectivity index (χ1v) is 11.6. The van der Waals surface area contributed by atoms with Crippen molar-refractivity contribution >= 4 is 12.1 Å². The van der Waals surface area contributed by atoms with Crippen LogP contribution in [0.3, 0.4) is 0 Å². The van der Waals surface area contributed by atoms with Crippen LogP contribution >= 0.6 is 0 Å². The summed E-state index contributed by atoms with van der Waals surface area (Å²) in [5.41, 5.74) is 1.84. The van der Waals surface area contributed by atoms with Crippen LogP contribution in [0.15, 0.2) is 60.7 Å². The van der Waals surface area contributed by atoms with E-state index in [1.807, 2.05) is 60.7 Å². The highest BCUT2D eigenvalue weighted by Gasteiger charge is 2.35. The van der Waals surface area contributed by atoms with E-state index in [9.17, 15) is 9.59 Å². The topological polar surface area (TPSA) is 64.6 Å². The molecule has 1 aliphatic rings. The standard InChI is InChI=1S/C27H35NO4/c1-19(2)23-15-14-20(3)16-25(23)32-26(29)24(17-21-10-6-4-7-11-21)28-27(30)31-18-22-12-8-5-9-13-22/h4-13,19-20,23-25H,14-18H2,1-3H3,(H,28,30)/t20-,23+,24+,25-/m1/s1. The highest BCUT2D eigenvalue weighted by atomic mass is 16.6. The van der Waals surface area contributed by atoms with Gasteiger partial charge in [0.05, 0.1) is 0 Å². The molecule has 2 aromatic rings. The molecule has 0 saturated heterocycles. The molecular weight excluding hydrogens is 402 g/mol. The van der Waals surface area contributed by atoms with Crippen molar-refractivity contribution in [3.8, 4) is 0 Å². The Morgan fingerprint density at radius 2 is 1.59 bits per heavy atom. The van der Waals surface area contributed by atoms with Crippen molar-refractivity contribution in [2.45, 2.75) is 65.2 Å². The van der Waals surface area contributed by atoms with Crippen molar-refractivity contribution in [3.05, 3.63) is 71.8 Å². The average Bonchev–Trinajstić information content (AvgIpc) is 2.78. The number of rotatable bonds is 8. The lowest BCUT2D eigenvalue weighted by Gasteiger charge is -2.37. The minimum absolute atomic E-state index is 0.119. The lowest BCUT2D eigenvalue weighted by Crippen LogP contribution is -2.46. The van der Waals surface area contributed by atoms with Gasteiger partial charge in [-0.05, 0) is 41.7 Å². The summed E-state index contributed by atoms with van der Waals surface area (Å²) >= 11 is 0. The van der Waals surface area contributed by atoms with Crippen LogP contribution in [0.2, 0.25) is 0 Å². The van der Waals surface area contributed by atoms with Gasteiger partial charge >= 0.3 is 12.1 Å². The summed E-state index contributed by atoms with van der Waals surface area (Å²) in [5.74, 6) is 0.920. The quantitative estimate of drug-likeness (QED) is 0.552. The van der Waals surface area contributed by atoms with E-state index in [1.165, 1.54) is 0 Å². The van der Waals surface area contributed by atoms with E-state index in [0.29, 0.717) is 24.2 Å². The van der Waals surface area contributed by atoms with Gasteiger partial charge in [-0.3, -0.25) is 0 Å². The van der Waals surface area contributed by atoms with E-state index in [2.05, 4.69) is 26.1 Å². The Labute approximate surface area is 191 Å². The molecule has 0 heterocycles. The van der Waals surface area contributed by atoms with Crippen molar-refractivity contribution in [1.82, 2.24) is 5.32 Å². The van der Waals surface area contributed by atoms with Gasteiger partial charge < -0.3 is 14.8 Å². The highest BCUT2D eigenvalue weighted by Crippen LogP contribution is 2.35. The molecule has 5 heteroatoms. The van der Waals surface area contributed by atoms with Crippen molar-refractivity contribution in [1.29, 1.82) is 0 Å². The third-order valence-corrected chi connectivity index (χ3v) is 6.30. The molecular formula is C27H35NO4. The maximum absolute atomic E-state index is 13.2. The first-order chi connectivity index (χ1) is 15.4. The summed E-state index contributed by atoms with van der Waals surface area (Å²) in [6, 6.07) is 18.3. The van der Waals surface area contributed by atoms with E-state index in [4.69, 9.17) is 9.47 Å². The fourth-order valence-electron chi connectivity index (χ4n) is 4.43. The molecule has 1 N–H and O–H groups in total. The molecule has 1 aliphatic carbocycles. The summed E-state index contributed by atoms with van der Waals surface area (Å²) < 4.78 is 11.4. The largest absolute Gasteiger partial charge is 0.461 e. The van der Waals surface area contributed by atoms with Gasteiger partial charge in [0.25, 0.3) is 0 Å².